The minimum Gasteiger partial charge on any atom is -0.309 e. The lowest BCUT2D eigenvalue weighted by atomic mass is 10.0. The van der Waals surface area contributed by atoms with Gasteiger partial charge in [0.25, 0.3) is 0 Å². The number of para-hydroxylation sites is 2. The largest absolute Gasteiger partial charge is 0.309 e. The lowest BCUT2D eigenvalue weighted by Crippen LogP contribution is -2.01. The van der Waals surface area contributed by atoms with Crippen molar-refractivity contribution in [1.82, 2.24) is 14.1 Å². The number of pyridine rings is 1. The second kappa shape index (κ2) is 12.2. The van der Waals surface area contributed by atoms with E-state index in [0.717, 1.165) is 44.9 Å². The van der Waals surface area contributed by atoms with Crippen molar-refractivity contribution >= 4 is 54.4 Å². The van der Waals surface area contributed by atoms with Crippen LogP contribution in [0.4, 0.5) is 0 Å². The fourth-order valence-electron chi connectivity index (χ4n) is 8.44. The molecule has 0 saturated heterocycles. The molecule has 0 amide bonds. The Kier molecular flexibility index (Phi) is 6.86. The number of hydrogen-bond donors (Lipinski definition) is 0. The SMILES string of the molecule is c1ccc(-c2ccc(-n3c4ccccc4c4ccc5ccc6c7ccccc7n(-c7cc(-c8ccccc8)cc(-c8ccccc8)n7)c6c5c43)cc2)cc1. The number of aromatic nitrogens is 3. The van der Waals surface area contributed by atoms with Crippen LogP contribution in [0.5, 0.6) is 0 Å². The average Bonchev–Trinajstić information content (AvgIpc) is 3.78. The Morgan fingerprint density at radius 1 is 0.333 bits per heavy atom. The number of fused-ring (bicyclic) bond motifs is 9. The lowest BCUT2D eigenvalue weighted by molar-refractivity contribution is 1.09. The van der Waals surface area contributed by atoms with Crippen LogP contribution in [-0.2, 0) is 0 Å². The van der Waals surface area contributed by atoms with Crippen LogP contribution in [0.15, 0.2) is 200 Å². The summed E-state index contributed by atoms with van der Waals surface area (Å²) in [7, 11) is 0. The van der Waals surface area contributed by atoms with Crippen LogP contribution < -0.4 is 0 Å². The first-order valence-corrected chi connectivity index (χ1v) is 18.5. The topological polar surface area (TPSA) is 22.8 Å². The molecule has 0 bridgehead atoms. The molecule has 0 spiro atoms. The first-order chi connectivity index (χ1) is 26.8. The van der Waals surface area contributed by atoms with E-state index in [4.69, 9.17) is 4.98 Å². The minimum absolute atomic E-state index is 0.890. The minimum atomic E-state index is 0.890. The van der Waals surface area contributed by atoms with E-state index in [9.17, 15) is 0 Å². The molecule has 0 N–H and O–H groups in total. The van der Waals surface area contributed by atoms with Gasteiger partial charge in [-0.05, 0) is 64.0 Å². The second-order valence-corrected chi connectivity index (χ2v) is 14.0. The van der Waals surface area contributed by atoms with Crippen molar-refractivity contribution in [3.05, 3.63) is 200 Å². The molecule has 3 heterocycles. The van der Waals surface area contributed by atoms with E-state index in [0.29, 0.717) is 0 Å². The van der Waals surface area contributed by atoms with E-state index in [2.05, 4.69) is 209 Å². The van der Waals surface area contributed by atoms with Gasteiger partial charge < -0.3 is 4.57 Å². The van der Waals surface area contributed by atoms with E-state index in [1.807, 2.05) is 0 Å². The Balaban J connectivity index is 1.28. The van der Waals surface area contributed by atoms with E-state index >= 15 is 0 Å². The van der Waals surface area contributed by atoms with Gasteiger partial charge in [0, 0.05) is 38.2 Å². The summed E-state index contributed by atoms with van der Waals surface area (Å²) >= 11 is 0. The monoisotopic (exact) mass is 687 g/mol. The molecule has 3 aromatic heterocycles. The predicted molar refractivity (Wildman–Crippen MR) is 227 cm³/mol. The Morgan fingerprint density at radius 3 is 1.43 bits per heavy atom. The van der Waals surface area contributed by atoms with Gasteiger partial charge in [-0.3, -0.25) is 4.57 Å². The first-order valence-electron chi connectivity index (χ1n) is 18.5. The maximum atomic E-state index is 5.48. The molecule has 8 aromatic carbocycles. The van der Waals surface area contributed by atoms with Crippen LogP contribution in [-0.4, -0.2) is 14.1 Å². The summed E-state index contributed by atoms with van der Waals surface area (Å²) in [5, 5.41) is 7.26. The summed E-state index contributed by atoms with van der Waals surface area (Å²) in [6.45, 7) is 0. The highest BCUT2D eigenvalue weighted by molar-refractivity contribution is 6.28. The molecular weight excluding hydrogens is 655 g/mol. The van der Waals surface area contributed by atoms with Gasteiger partial charge in [-0.1, -0.05) is 164 Å². The zero-order chi connectivity index (χ0) is 35.6. The van der Waals surface area contributed by atoms with Gasteiger partial charge in [-0.25, -0.2) is 4.98 Å². The molecule has 0 saturated carbocycles. The van der Waals surface area contributed by atoms with E-state index in [-0.39, 0.29) is 0 Å². The van der Waals surface area contributed by atoms with Crippen LogP contribution in [0.2, 0.25) is 0 Å². The van der Waals surface area contributed by atoms with Gasteiger partial charge in [0.2, 0.25) is 0 Å². The summed E-state index contributed by atoms with van der Waals surface area (Å²) in [5.74, 6) is 0.890. The normalized spacial score (nSPS) is 11.7. The van der Waals surface area contributed by atoms with Crippen molar-refractivity contribution in [2.75, 3.05) is 0 Å². The Morgan fingerprint density at radius 2 is 0.815 bits per heavy atom. The number of hydrogen-bond acceptors (Lipinski definition) is 1. The van der Waals surface area contributed by atoms with Crippen molar-refractivity contribution in [1.29, 1.82) is 0 Å². The second-order valence-electron chi connectivity index (χ2n) is 14.0. The maximum Gasteiger partial charge on any atom is 0.138 e. The molecule has 0 fully saturated rings. The summed E-state index contributed by atoms with van der Waals surface area (Å²) < 4.78 is 4.87. The zero-order valence-electron chi connectivity index (χ0n) is 29.4. The van der Waals surface area contributed by atoms with Crippen molar-refractivity contribution in [3.8, 4) is 45.0 Å². The van der Waals surface area contributed by atoms with Gasteiger partial charge >= 0.3 is 0 Å². The van der Waals surface area contributed by atoms with Crippen LogP contribution >= 0.6 is 0 Å². The molecule has 3 heteroatoms. The van der Waals surface area contributed by atoms with Gasteiger partial charge in [0.1, 0.15) is 5.82 Å². The quantitative estimate of drug-likeness (QED) is 0.177. The molecule has 11 aromatic rings. The van der Waals surface area contributed by atoms with Gasteiger partial charge in [0.05, 0.1) is 27.8 Å². The third-order valence-electron chi connectivity index (χ3n) is 10.9. The summed E-state index contributed by atoms with van der Waals surface area (Å²) in [5.41, 5.74) is 12.5. The van der Waals surface area contributed by atoms with E-state index in [1.54, 1.807) is 0 Å². The van der Waals surface area contributed by atoms with Crippen LogP contribution in [0.25, 0.3) is 99.4 Å². The highest BCUT2D eigenvalue weighted by Gasteiger charge is 2.22. The fourth-order valence-corrected chi connectivity index (χ4v) is 8.44. The third kappa shape index (κ3) is 4.72. The molecule has 54 heavy (non-hydrogen) atoms. The molecule has 0 unspecified atom stereocenters. The maximum absolute atomic E-state index is 5.48. The van der Waals surface area contributed by atoms with E-state index in [1.165, 1.54) is 54.5 Å². The standard InChI is InChI=1S/C51H33N3/c1-4-14-34(15-5-1)36-24-28-40(29-25-36)53-46-22-12-10-20-41(46)43-30-26-38-27-31-44-42-21-11-13-23-47(42)54(51(44)49(38)50(43)53)48-33-39(35-16-6-2-7-17-35)32-45(52-48)37-18-8-3-9-19-37/h1-33H. The Hall–Kier alpha value is -7.23. The van der Waals surface area contributed by atoms with Crippen molar-refractivity contribution in [2.24, 2.45) is 0 Å². The summed E-state index contributed by atoms with van der Waals surface area (Å²) in [6, 6.07) is 72.0. The molecule has 0 atom stereocenters. The number of nitrogens with zero attached hydrogens (tertiary/aromatic N) is 3. The zero-order valence-corrected chi connectivity index (χ0v) is 29.4. The third-order valence-corrected chi connectivity index (χ3v) is 10.9. The Labute approximate surface area is 312 Å². The fraction of sp³-hybridized carbons (Fsp3) is 0. The Bertz CT molecular complexity index is 3110. The molecular formula is C51H33N3. The highest BCUT2D eigenvalue weighted by Crippen LogP contribution is 2.43. The molecule has 0 radical (unpaired) electrons. The van der Waals surface area contributed by atoms with Gasteiger partial charge in [0.15, 0.2) is 0 Å². The van der Waals surface area contributed by atoms with Crippen LogP contribution in [0, 0.1) is 0 Å². The smallest absolute Gasteiger partial charge is 0.138 e. The molecule has 0 aliphatic rings. The number of rotatable bonds is 5. The van der Waals surface area contributed by atoms with Gasteiger partial charge in [-0.15, -0.1) is 0 Å². The predicted octanol–water partition coefficient (Wildman–Crippen LogP) is 13.4. The van der Waals surface area contributed by atoms with Crippen molar-refractivity contribution in [3.63, 3.8) is 0 Å². The summed E-state index contributed by atoms with van der Waals surface area (Å²) in [4.78, 5) is 5.48. The molecule has 252 valence electrons. The molecule has 0 aliphatic carbocycles. The highest BCUT2D eigenvalue weighted by atomic mass is 15.1. The van der Waals surface area contributed by atoms with Gasteiger partial charge in [-0.2, -0.15) is 0 Å². The molecule has 3 nitrogen and oxygen atoms in total. The first kappa shape index (κ1) is 30.4. The van der Waals surface area contributed by atoms with E-state index < -0.39 is 0 Å². The van der Waals surface area contributed by atoms with Crippen molar-refractivity contribution in [2.45, 2.75) is 0 Å². The van der Waals surface area contributed by atoms with Crippen molar-refractivity contribution < 1.29 is 0 Å². The average molecular weight is 688 g/mol. The lowest BCUT2D eigenvalue weighted by Gasteiger charge is -2.15. The van der Waals surface area contributed by atoms with Crippen LogP contribution in [0.1, 0.15) is 0 Å². The number of benzene rings is 8. The molecule has 0 aliphatic heterocycles. The van der Waals surface area contributed by atoms with Crippen LogP contribution in [0.3, 0.4) is 0 Å². The summed E-state index contributed by atoms with van der Waals surface area (Å²) in [6.07, 6.45) is 0. The molecule has 11 rings (SSSR count).